The van der Waals surface area contributed by atoms with Crippen molar-refractivity contribution in [1.29, 1.82) is 0 Å². The number of rotatable bonds is 4. The molecule has 4 rings (SSSR count). The highest BCUT2D eigenvalue weighted by molar-refractivity contribution is 6.30. The van der Waals surface area contributed by atoms with E-state index in [-0.39, 0.29) is 11.2 Å². The van der Waals surface area contributed by atoms with E-state index in [2.05, 4.69) is 19.1 Å². The Morgan fingerprint density at radius 1 is 1.11 bits per heavy atom. The lowest BCUT2D eigenvalue weighted by Crippen LogP contribution is -2.38. The lowest BCUT2D eigenvalue weighted by Gasteiger charge is -2.37. The van der Waals surface area contributed by atoms with Gasteiger partial charge in [0.15, 0.2) is 0 Å². The quantitative estimate of drug-likeness (QED) is 0.589. The predicted octanol–water partition coefficient (Wildman–Crippen LogP) is 6.03. The average Bonchev–Trinajstić information content (AvgIpc) is 2.67. The summed E-state index contributed by atoms with van der Waals surface area (Å²) in [5, 5.41) is 9.87. The number of carbonyl (C=O) groups is 1. The number of aromatic carboxylic acids is 1. The van der Waals surface area contributed by atoms with E-state index in [1.165, 1.54) is 5.56 Å². The Balaban J connectivity index is 1.66. The third kappa shape index (κ3) is 3.76. The molecule has 0 aromatic heterocycles. The molecule has 1 atom stereocenters. The fraction of sp³-hybridized carbons (Fsp3) is 0.208. The number of ether oxygens (including phenoxy) is 1. The maximum absolute atomic E-state index is 11.1. The summed E-state index contributed by atoms with van der Waals surface area (Å²) in [6, 6.07) is 21.0. The maximum Gasteiger partial charge on any atom is 0.335 e. The largest absolute Gasteiger partial charge is 0.486 e. The minimum absolute atomic E-state index is 0.278. The van der Waals surface area contributed by atoms with Crippen molar-refractivity contribution >= 4 is 17.6 Å². The summed E-state index contributed by atoms with van der Waals surface area (Å²) >= 11 is 6.15. The summed E-state index contributed by atoms with van der Waals surface area (Å²) in [5.74, 6) is -0.0339. The zero-order valence-corrected chi connectivity index (χ0v) is 16.4. The number of benzene rings is 3. The van der Waals surface area contributed by atoms with Crippen LogP contribution in [0.2, 0.25) is 5.02 Å². The minimum Gasteiger partial charge on any atom is -0.486 e. The van der Waals surface area contributed by atoms with Crippen molar-refractivity contribution in [3.05, 3.63) is 88.4 Å². The van der Waals surface area contributed by atoms with Crippen LogP contribution in [0.25, 0.3) is 11.1 Å². The number of para-hydroxylation sites is 1. The van der Waals surface area contributed by atoms with E-state index >= 15 is 0 Å². The Morgan fingerprint density at radius 2 is 1.86 bits per heavy atom. The van der Waals surface area contributed by atoms with E-state index in [1.54, 1.807) is 12.1 Å². The van der Waals surface area contributed by atoms with Gasteiger partial charge in [0.25, 0.3) is 0 Å². The number of aryl methyl sites for hydroxylation is 1. The van der Waals surface area contributed by atoms with Gasteiger partial charge in [0.2, 0.25) is 0 Å². The molecule has 0 saturated carbocycles. The van der Waals surface area contributed by atoms with Gasteiger partial charge >= 0.3 is 5.97 Å². The number of fused-ring (bicyclic) bond motifs is 1. The van der Waals surface area contributed by atoms with Gasteiger partial charge in [0.1, 0.15) is 11.4 Å². The summed E-state index contributed by atoms with van der Waals surface area (Å²) in [4.78, 5) is 11.1. The third-order valence-corrected chi connectivity index (χ3v) is 5.51. The molecule has 1 N–H and O–H groups in total. The van der Waals surface area contributed by atoms with Crippen LogP contribution >= 0.6 is 11.6 Å². The van der Waals surface area contributed by atoms with Gasteiger partial charge in [-0.15, -0.1) is 0 Å². The van der Waals surface area contributed by atoms with Crippen LogP contribution in [-0.2, 0) is 12.8 Å². The van der Waals surface area contributed by atoms with Crippen molar-refractivity contribution in [3.8, 4) is 16.9 Å². The molecule has 1 heterocycles. The third-order valence-electron chi connectivity index (χ3n) is 5.28. The lowest BCUT2D eigenvalue weighted by molar-refractivity contribution is 0.0661. The second-order valence-corrected chi connectivity index (χ2v) is 7.97. The van der Waals surface area contributed by atoms with Crippen molar-refractivity contribution < 1.29 is 14.6 Å². The molecule has 3 nitrogen and oxygen atoms in total. The predicted molar refractivity (Wildman–Crippen MR) is 111 cm³/mol. The standard InChI is InChI=1S/C24H21ClO3/c1-24(15-16-4-2-6-20(25)14-16)13-12-18-5-3-7-21(22(18)28-24)17-8-10-19(11-9-17)23(26)27/h2-11,14H,12-13,15H2,1H3,(H,26,27)/t24-/m0/s1. The van der Waals surface area contributed by atoms with E-state index in [4.69, 9.17) is 21.4 Å². The Labute approximate surface area is 169 Å². The maximum atomic E-state index is 11.1. The molecule has 28 heavy (non-hydrogen) atoms. The molecule has 0 bridgehead atoms. The van der Waals surface area contributed by atoms with Gasteiger partial charge in [0, 0.05) is 17.0 Å². The van der Waals surface area contributed by atoms with Crippen LogP contribution in [0.5, 0.6) is 5.75 Å². The van der Waals surface area contributed by atoms with Crippen LogP contribution in [0.1, 0.15) is 34.8 Å². The summed E-state index contributed by atoms with van der Waals surface area (Å²) in [6.45, 7) is 2.14. The molecule has 3 aromatic rings. The molecule has 142 valence electrons. The highest BCUT2D eigenvalue weighted by Crippen LogP contribution is 2.42. The monoisotopic (exact) mass is 392 g/mol. The highest BCUT2D eigenvalue weighted by Gasteiger charge is 2.33. The highest BCUT2D eigenvalue weighted by atomic mass is 35.5. The molecule has 1 aliphatic heterocycles. The normalized spacial score (nSPS) is 18.2. The second-order valence-electron chi connectivity index (χ2n) is 7.53. The molecule has 3 aromatic carbocycles. The van der Waals surface area contributed by atoms with E-state index in [9.17, 15) is 4.79 Å². The lowest BCUT2D eigenvalue weighted by atomic mass is 9.86. The molecule has 0 saturated heterocycles. The van der Waals surface area contributed by atoms with Crippen LogP contribution < -0.4 is 4.74 Å². The van der Waals surface area contributed by atoms with Crippen LogP contribution in [0.15, 0.2) is 66.7 Å². The van der Waals surface area contributed by atoms with Crippen molar-refractivity contribution in [2.24, 2.45) is 0 Å². The summed E-state index contributed by atoms with van der Waals surface area (Å²) in [5.41, 5.74) is 4.24. The van der Waals surface area contributed by atoms with Crippen molar-refractivity contribution in [3.63, 3.8) is 0 Å². The van der Waals surface area contributed by atoms with Gasteiger partial charge in [-0.25, -0.2) is 4.79 Å². The molecule has 0 unspecified atom stereocenters. The van der Waals surface area contributed by atoms with E-state index in [1.807, 2.05) is 42.5 Å². The molecule has 0 fully saturated rings. The molecule has 0 aliphatic carbocycles. The first-order valence-electron chi connectivity index (χ1n) is 9.33. The van der Waals surface area contributed by atoms with Gasteiger partial charge in [0.05, 0.1) is 5.56 Å². The Morgan fingerprint density at radius 3 is 2.57 bits per heavy atom. The molecule has 4 heteroatoms. The van der Waals surface area contributed by atoms with Gasteiger partial charge in [-0.2, -0.15) is 0 Å². The first kappa shape index (κ1) is 18.6. The van der Waals surface area contributed by atoms with E-state index in [0.717, 1.165) is 46.7 Å². The topological polar surface area (TPSA) is 46.5 Å². The number of hydrogen-bond acceptors (Lipinski definition) is 2. The van der Waals surface area contributed by atoms with Crippen LogP contribution in [0.3, 0.4) is 0 Å². The number of halogens is 1. The van der Waals surface area contributed by atoms with Gasteiger partial charge in [-0.3, -0.25) is 0 Å². The molecule has 0 amide bonds. The molecule has 0 radical (unpaired) electrons. The van der Waals surface area contributed by atoms with Gasteiger partial charge in [-0.05, 0) is 60.7 Å². The van der Waals surface area contributed by atoms with Gasteiger partial charge in [-0.1, -0.05) is 54.1 Å². The van der Waals surface area contributed by atoms with Crippen molar-refractivity contribution in [2.75, 3.05) is 0 Å². The zero-order valence-electron chi connectivity index (χ0n) is 15.6. The average molecular weight is 393 g/mol. The van der Waals surface area contributed by atoms with Crippen LogP contribution in [-0.4, -0.2) is 16.7 Å². The number of carboxylic acid groups (broad SMARTS) is 1. The summed E-state index contributed by atoms with van der Waals surface area (Å²) in [7, 11) is 0. The van der Waals surface area contributed by atoms with Crippen molar-refractivity contribution in [1.82, 2.24) is 0 Å². The Hall–Kier alpha value is -2.78. The fourth-order valence-corrected chi connectivity index (χ4v) is 4.03. The minimum atomic E-state index is -0.924. The Kier molecular flexibility index (Phi) is 4.86. The first-order chi connectivity index (χ1) is 13.4. The van der Waals surface area contributed by atoms with Crippen LogP contribution in [0, 0.1) is 0 Å². The SMILES string of the molecule is C[C@@]1(Cc2cccc(Cl)c2)CCc2cccc(-c3ccc(C(=O)O)cc3)c2O1. The van der Waals surface area contributed by atoms with E-state index in [0.29, 0.717) is 0 Å². The smallest absolute Gasteiger partial charge is 0.335 e. The van der Waals surface area contributed by atoms with Crippen molar-refractivity contribution in [2.45, 2.75) is 31.8 Å². The molecular formula is C24H21ClO3. The Bertz CT molecular complexity index is 1030. The molecule has 1 aliphatic rings. The second kappa shape index (κ2) is 7.33. The van der Waals surface area contributed by atoms with Crippen LogP contribution in [0.4, 0.5) is 0 Å². The number of hydrogen-bond donors (Lipinski definition) is 1. The summed E-state index contributed by atoms with van der Waals surface area (Å²) < 4.78 is 6.57. The molecule has 0 spiro atoms. The zero-order chi connectivity index (χ0) is 19.7. The molecular weight excluding hydrogens is 372 g/mol. The number of carboxylic acids is 1. The fourth-order valence-electron chi connectivity index (χ4n) is 3.82. The van der Waals surface area contributed by atoms with E-state index < -0.39 is 5.97 Å². The van der Waals surface area contributed by atoms with Gasteiger partial charge < -0.3 is 9.84 Å². The summed E-state index contributed by atoms with van der Waals surface area (Å²) in [6.07, 6.45) is 2.64. The first-order valence-corrected chi connectivity index (χ1v) is 9.70.